The fraction of sp³-hybridized carbons (Fsp3) is 0.217. The molecule has 0 saturated carbocycles. The van der Waals surface area contributed by atoms with Crippen molar-refractivity contribution in [1.29, 1.82) is 0 Å². The van der Waals surface area contributed by atoms with Gasteiger partial charge in [-0.3, -0.25) is 0 Å². The van der Waals surface area contributed by atoms with Gasteiger partial charge in [-0.1, -0.05) is 96.1 Å². The van der Waals surface area contributed by atoms with Gasteiger partial charge in [-0.25, -0.2) is 8.42 Å². The van der Waals surface area contributed by atoms with Crippen LogP contribution in [0.4, 0.5) is 13.2 Å². The van der Waals surface area contributed by atoms with Gasteiger partial charge in [-0.15, -0.1) is 0 Å². The van der Waals surface area contributed by atoms with Gasteiger partial charge in [0.15, 0.2) is 0 Å². The molecule has 0 amide bonds. The van der Waals surface area contributed by atoms with E-state index in [9.17, 15) is 21.6 Å². The molecule has 32 heavy (non-hydrogen) atoms. The fourth-order valence-electron chi connectivity index (χ4n) is 2.75. The summed E-state index contributed by atoms with van der Waals surface area (Å²) in [5.41, 5.74) is 4.14. The van der Waals surface area contributed by atoms with Gasteiger partial charge in [0, 0.05) is 19.5 Å². The Hall–Kier alpha value is -2.06. The first-order valence-corrected chi connectivity index (χ1v) is 11.0. The van der Waals surface area contributed by atoms with Crippen LogP contribution in [-0.4, -0.2) is 13.9 Å². The van der Waals surface area contributed by atoms with Crippen molar-refractivity contribution in [3.63, 3.8) is 0 Å². The van der Waals surface area contributed by atoms with Crippen molar-refractivity contribution in [1.82, 2.24) is 4.72 Å². The zero-order valence-corrected chi connectivity index (χ0v) is 20.1. The maximum atomic E-state index is 12.7. The van der Waals surface area contributed by atoms with Crippen molar-refractivity contribution >= 4 is 10.0 Å². The number of nitrogens with two attached hydrogens (primary N) is 1. The SMILES string of the molecule is Cc1ccc(C)cc1.N[C@H](c1ccccc1)[C@H](NS(=O)(=O)C(F)(F)F)c1ccccc1.[Ru]. The number of halogens is 3. The van der Waals surface area contributed by atoms with E-state index in [1.807, 2.05) is 0 Å². The first-order valence-electron chi connectivity index (χ1n) is 9.48. The standard InChI is InChI=1S/C15H15F3N2O2S.C8H10.Ru/c16-15(17,18)23(21,22)20-14(12-9-5-2-6-10-12)13(19)11-7-3-1-4-8-11;1-7-3-5-8(2)6-4-7;/h1-10,13-14,20H,19H2;3-6H,1-2H3;/t13-,14-;;/m1../s1. The summed E-state index contributed by atoms with van der Waals surface area (Å²) in [6.07, 6.45) is 0. The number of sulfonamides is 1. The number of nitrogens with one attached hydrogen (secondary N) is 1. The smallest absolute Gasteiger partial charge is 0.322 e. The van der Waals surface area contributed by atoms with Gasteiger partial charge in [0.05, 0.1) is 12.1 Å². The molecule has 3 rings (SSSR count). The van der Waals surface area contributed by atoms with Crippen LogP contribution in [0.3, 0.4) is 0 Å². The Morgan fingerprint density at radius 3 is 1.50 bits per heavy atom. The molecule has 3 N–H and O–H groups in total. The van der Waals surface area contributed by atoms with Crippen molar-refractivity contribution in [2.75, 3.05) is 0 Å². The average Bonchev–Trinajstić information content (AvgIpc) is 2.74. The molecule has 0 fully saturated rings. The van der Waals surface area contributed by atoms with Gasteiger partial charge in [0.25, 0.3) is 0 Å². The van der Waals surface area contributed by atoms with Crippen LogP contribution >= 0.6 is 0 Å². The quantitative estimate of drug-likeness (QED) is 0.430. The molecule has 3 aromatic carbocycles. The van der Waals surface area contributed by atoms with E-state index in [1.165, 1.54) is 23.3 Å². The minimum atomic E-state index is -5.53. The Morgan fingerprint density at radius 2 is 1.12 bits per heavy atom. The predicted molar refractivity (Wildman–Crippen MR) is 117 cm³/mol. The van der Waals surface area contributed by atoms with Crippen molar-refractivity contribution in [3.8, 4) is 0 Å². The minimum absolute atomic E-state index is 0. The van der Waals surface area contributed by atoms with Crippen LogP contribution in [-0.2, 0) is 29.5 Å². The number of benzene rings is 3. The first-order chi connectivity index (χ1) is 14.5. The summed E-state index contributed by atoms with van der Waals surface area (Å²) in [5, 5.41) is 0. The Labute approximate surface area is 199 Å². The topological polar surface area (TPSA) is 72.2 Å². The van der Waals surface area contributed by atoms with E-state index in [2.05, 4.69) is 38.1 Å². The molecule has 174 valence electrons. The average molecular weight is 552 g/mol. The van der Waals surface area contributed by atoms with Crippen molar-refractivity contribution in [3.05, 3.63) is 107 Å². The third-order valence-corrected chi connectivity index (χ3v) is 5.68. The summed E-state index contributed by atoms with van der Waals surface area (Å²) in [7, 11) is -5.53. The maximum absolute atomic E-state index is 12.7. The zero-order chi connectivity index (χ0) is 23.1. The number of rotatable bonds is 5. The van der Waals surface area contributed by atoms with Gasteiger partial charge in [-0.05, 0) is 25.0 Å². The molecule has 0 aliphatic carbocycles. The molecule has 0 saturated heterocycles. The van der Waals surface area contributed by atoms with Gasteiger partial charge in [-0.2, -0.15) is 17.9 Å². The molecule has 2 atom stereocenters. The van der Waals surface area contributed by atoms with Crippen LogP contribution in [0.1, 0.15) is 34.3 Å². The van der Waals surface area contributed by atoms with E-state index in [-0.39, 0.29) is 19.5 Å². The van der Waals surface area contributed by atoms with Crippen molar-refractivity contribution in [2.45, 2.75) is 31.4 Å². The van der Waals surface area contributed by atoms with Crippen LogP contribution in [0.5, 0.6) is 0 Å². The van der Waals surface area contributed by atoms with E-state index >= 15 is 0 Å². The summed E-state index contributed by atoms with van der Waals surface area (Å²) in [5.74, 6) is 0. The van der Waals surface area contributed by atoms with E-state index in [0.717, 1.165) is 0 Å². The van der Waals surface area contributed by atoms with Gasteiger partial charge >= 0.3 is 15.5 Å². The van der Waals surface area contributed by atoms with Crippen LogP contribution in [0.25, 0.3) is 0 Å². The van der Waals surface area contributed by atoms with Crippen molar-refractivity contribution < 1.29 is 41.1 Å². The van der Waals surface area contributed by atoms with E-state index in [0.29, 0.717) is 11.1 Å². The summed E-state index contributed by atoms with van der Waals surface area (Å²) in [6.45, 7) is 4.19. The molecule has 0 spiro atoms. The predicted octanol–water partition coefficient (Wildman–Crippen LogP) is 5.17. The summed E-state index contributed by atoms with van der Waals surface area (Å²) >= 11 is 0. The molecule has 3 aromatic rings. The first kappa shape index (κ1) is 28.0. The molecular weight excluding hydrogens is 526 g/mol. The molecule has 0 aliphatic heterocycles. The van der Waals surface area contributed by atoms with Crippen LogP contribution in [0.15, 0.2) is 84.9 Å². The van der Waals surface area contributed by atoms with Crippen molar-refractivity contribution in [2.24, 2.45) is 5.73 Å². The van der Waals surface area contributed by atoms with E-state index < -0.39 is 27.6 Å². The largest absolute Gasteiger partial charge is 0.511 e. The molecular formula is C23H25F3N2O2RuS. The Morgan fingerprint density at radius 1 is 0.750 bits per heavy atom. The van der Waals surface area contributed by atoms with Gasteiger partial charge in [0.1, 0.15) is 0 Å². The monoisotopic (exact) mass is 552 g/mol. The fourth-order valence-corrected chi connectivity index (χ4v) is 3.50. The summed E-state index contributed by atoms with van der Waals surface area (Å²) < 4.78 is 62.7. The number of aryl methyl sites for hydroxylation is 2. The summed E-state index contributed by atoms with van der Waals surface area (Å²) in [6, 6.07) is 22.5. The van der Waals surface area contributed by atoms with Crippen LogP contribution in [0, 0.1) is 13.8 Å². The second kappa shape index (κ2) is 12.3. The second-order valence-corrected chi connectivity index (χ2v) is 8.75. The molecule has 0 unspecified atom stereocenters. The Kier molecular flexibility index (Phi) is 10.7. The van der Waals surface area contributed by atoms with Crippen LogP contribution < -0.4 is 10.5 Å². The maximum Gasteiger partial charge on any atom is 0.511 e. The third-order valence-electron chi connectivity index (χ3n) is 4.51. The van der Waals surface area contributed by atoms with Gasteiger partial charge < -0.3 is 5.73 Å². The molecule has 0 radical (unpaired) electrons. The normalized spacial score (nSPS) is 13.2. The molecule has 9 heteroatoms. The van der Waals surface area contributed by atoms with E-state index in [1.54, 1.807) is 53.3 Å². The molecule has 0 aliphatic rings. The number of hydrogen-bond donors (Lipinski definition) is 2. The molecule has 4 nitrogen and oxygen atoms in total. The number of hydrogen-bond acceptors (Lipinski definition) is 3. The molecule has 0 heterocycles. The van der Waals surface area contributed by atoms with Crippen LogP contribution in [0.2, 0.25) is 0 Å². The molecule has 0 bridgehead atoms. The van der Waals surface area contributed by atoms with E-state index in [4.69, 9.17) is 5.73 Å². The zero-order valence-electron chi connectivity index (χ0n) is 17.5. The second-order valence-electron chi connectivity index (χ2n) is 7.05. The Bertz CT molecular complexity index is 1030. The van der Waals surface area contributed by atoms with Gasteiger partial charge in [0.2, 0.25) is 0 Å². The number of alkyl halides is 3. The minimum Gasteiger partial charge on any atom is -0.322 e. The third kappa shape index (κ3) is 8.13. The molecule has 0 aromatic heterocycles. The summed E-state index contributed by atoms with van der Waals surface area (Å²) in [4.78, 5) is 0. The Balaban J connectivity index is 0.000000480.